The summed E-state index contributed by atoms with van der Waals surface area (Å²) in [6, 6.07) is 0. The van der Waals surface area contributed by atoms with E-state index in [9.17, 15) is 0 Å². The van der Waals surface area contributed by atoms with Crippen molar-refractivity contribution in [3.05, 3.63) is 11.6 Å². The van der Waals surface area contributed by atoms with E-state index >= 15 is 0 Å². The zero-order valence-corrected chi connectivity index (χ0v) is 7.42. The van der Waals surface area contributed by atoms with Gasteiger partial charge in [0, 0.05) is 0 Å². The number of aliphatic hydroxyl groups excluding tert-OH is 1. The minimum Gasteiger partial charge on any atom is -0.393 e. The molecule has 11 heavy (non-hydrogen) atoms. The molecule has 1 aliphatic rings. The van der Waals surface area contributed by atoms with Crippen LogP contribution in [0.5, 0.6) is 0 Å². The molecule has 0 aromatic carbocycles. The predicted octanol–water partition coefficient (Wildman–Crippen LogP) is 1.49. The fourth-order valence-corrected chi connectivity index (χ4v) is 1.07. The van der Waals surface area contributed by atoms with Crippen molar-refractivity contribution in [1.29, 1.82) is 0 Å². The molecule has 1 N–H and O–H groups in total. The molecule has 2 heteroatoms. The molecule has 0 unspecified atom stereocenters. The van der Waals surface area contributed by atoms with Crippen molar-refractivity contribution in [2.45, 2.75) is 38.9 Å². The van der Waals surface area contributed by atoms with E-state index in [0.29, 0.717) is 0 Å². The molecular weight excluding hydrogens is 140 g/mol. The SMILES string of the molecule is CC(C)=CC[C@@H]1O[C@]1(C)CO. The van der Waals surface area contributed by atoms with Crippen LogP contribution in [0.1, 0.15) is 27.2 Å². The number of aliphatic hydroxyl groups is 1. The van der Waals surface area contributed by atoms with Crippen LogP contribution in [0.15, 0.2) is 11.6 Å². The van der Waals surface area contributed by atoms with E-state index in [2.05, 4.69) is 19.9 Å². The number of ether oxygens (including phenoxy) is 1. The van der Waals surface area contributed by atoms with E-state index in [4.69, 9.17) is 9.84 Å². The minimum absolute atomic E-state index is 0.133. The van der Waals surface area contributed by atoms with Gasteiger partial charge >= 0.3 is 0 Å². The van der Waals surface area contributed by atoms with Gasteiger partial charge in [0.2, 0.25) is 0 Å². The third-order valence-electron chi connectivity index (χ3n) is 2.09. The first-order chi connectivity index (χ1) is 5.08. The smallest absolute Gasteiger partial charge is 0.115 e. The normalized spacial score (nSPS) is 35.1. The molecule has 1 fully saturated rings. The van der Waals surface area contributed by atoms with E-state index in [-0.39, 0.29) is 18.3 Å². The summed E-state index contributed by atoms with van der Waals surface area (Å²) in [6.45, 7) is 6.21. The Bertz CT molecular complexity index is 170. The van der Waals surface area contributed by atoms with E-state index in [1.807, 2.05) is 6.92 Å². The fourth-order valence-electron chi connectivity index (χ4n) is 1.07. The number of epoxide rings is 1. The van der Waals surface area contributed by atoms with E-state index < -0.39 is 0 Å². The summed E-state index contributed by atoms with van der Waals surface area (Å²) in [5.41, 5.74) is 1.06. The maximum atomic E-state index is 8.86. The van der Waals surface area contributed by atoms with E-state index in [1.54, 1.807) is 0 Å². The maximum absolute atomic E-state index is 8.86. The maximum Gasteiger partial charge on any atom is 0.115 e. The lowest BCUT2D eigenvalue weighted by Gasteiger charge is -1.97. The average molecular weight is 156 g/mol. The highest BCUT2D eigenvalue weighted by Crippen LogP contribution is 2.38. The van der Waals surface area contributed by atoms with Crippen molar-refractivity contribution in [2.75, 3.05) is 6.61 Å². The van der Waals surface area contributed by atoms with Crippen molar-refractivity contribution in [3.63, 3.8) is 0 Å². The Hall–Kier alpha value is -0.340. The average Bonchev–Trinajstić information content (AvgIpc) is 2.59. The van der Waals surface area contributed by atoms with Gasteiger partial charge in [0.15, 0.2) is 0 Å². The summed E-state index contributed by atoms with van der Waals surface area (Å²) < 4.78 is 5.31. The van der Waals surface area contributed by atoms with Gasteiger partial charge in [-0.3, -0.25) is 0 Å². The van der Waals surface area contributed by atoms with Crippen molar-refractivity contribution in [1.82, 2.24) is 0 Å². The summed E-state index contributed by atoms with van der Waals surface area (Å²) in [5.74, 6) is 0. The van der Waals surface area contributed by atoms with E-state index in [0.717, 1.165) is 6.42 Å². The molecule has 0 bridgehead atoms. The van der Waals surface area contributed by atoms with Crippen molar-refractivity contribution >= 4 is 0 Å². The van der Waals surface area contributed by atoms with Gasteiger partial charge in [0.1, 0.15) is 5.60 Å². The van der Waals surface area contributed by atoms with Crippen LogP contribution < -0.4 is 0 Å². The molecule has 1 saturated heterocycles. The lowest BCUT2D eigenvalue weighted by atomic mass is 10.1. The third-order valence-corrected chi connectivity index (χ3v) is 2.09. The number of allylic oxidation sites excluding steroid dienone is 1. The topological polar surface area (TPSA) is 32.8 Å². The quantitative estimate of drug-likeness (QED) is 0.496. The highest BCUT2D eigenvalue weighted by atomic mass is 16.6. The van der Waals surface area contributed by atoms with Gasteiger partial charge < -0.3 is 9.84 Å². The molecule has 2 atom stereocenters. The second kappa shape index (κ2) is 2.95. The zero-order valence-electron chi connectivity index (χ0n) is 7.42. The van der Waals surface area contributed by atoms with E-state index in [1.165, 1.54) is 5.57 Å². The fraction of sp³-hybridized carbons (Fsp3) is 0.778. The summed E-state index contributed by atoms with van der Waals surface area (Å²) in [6.07, 6.45) is 3.31. The first-order valence-electron chi connectivity index (χ1n) is 4.00. The van der Waals surface area contributed by atoms with Crippen LogP contribution >= 0.6 is 0 Å². The molecule has 0 aliphatic carbocycles. The summed E-state index contributed by atoms with van der Waals surface area (Å²) >= 11 is 0. The Labute approximate surface area is 67.9 Å². The molecule has 0 aromatic heterocycles. The number of rotatable bonds is 3. The number of hydrogen-bond acceptors (Lipinski definition) is 2. The zero-order chi connectivity index (χ0) is 8.48. The van der Waals surface area contributed by atoms with Gasteiger partial charge in [-0.05, 0) is 27.2 Å². The molecule has 0 radical (unpaired) electrons. The highest BCUT2D eigenvalue weighted by molar-refractivity contribution is 5.05. The Morgan fingerprint density at radius 1 is 1.64 bits per heavy atom. The molecule has 2 nitrogen and oxygen atoms in total. The lowest BCUT2D eigenvalue weighted by Crippen LogP contribution is -2.14. The predicted molar refractivity (Wildman–Crippen MR) is 44.4 cm³/mol. The second-order valence-electron chi connectivity index (χ2n) is 3.59. The molecule has 0 saturated carbocycles. The Morgan fingerprint density at radius 2 is 2.27 bits per heavy atom. The second-order valence-corrected chi connectivity index (χ2v) is 3.59. The molecule has 0 amide bonds. The summed E-state index contributed by atoms with van der Waals surface area (Å²) in [4.78, 5) is 0. The summed E-state index contributed by atoms with van der Waals surface area (Å²) in [5, 5.41) is 8.86. The van der Waals surface area contributed by atoms with Crippen LogP contribution in [0.25, 0.3) is 0 Å². The van der Waals surface area contributed by atoms with Crippen LogP contribution in [0.2, 0.25) is 0 Å². The largest absolute Gasteiger partial charge is 0.393 e. The number of hydrogen-bond donors (Lipinski definition) is 1. The van der Waals surface area contributed by atoms with Gasteiger partial charge in [0.25, 0.3) is 0 Å². The lowest BCUT2D eigenvalue weighted by molar-refractivity contribution is 0.184. The summed E-state index contributed by atoms with van der Waals surface area (Å²) in [7, 11) is 0. The van der Waals surface area contributed by atoms with Crippen LogP contribution in [0.4, 0.5) is 0 Å². The van der Waals surface area contributed by atoms with Crippen LogP contribution in [0, 0.1) is 0 Å². The minimum atomic E-state index is -0.244. The highest BCUT2D eigenvalue weighted by Gasteiger charge is 2.50. The Morgan fingerprint density at radius 3 is 2.64 bits per heavy atom. The van der Waals surface area contributed by atoms with Gasteiger partial charge in [-0.1, -0.05) is 11.6 Å². The molecule has 64 valence electrons. The Balaban J connectivity index is 2.29. The molecule has 1 heterocycles. The first-order valence-corrected chi connectivity index (χ1v) is 4.00. The van der Waals surface area contributed by atoms with Gasteiger partial charge in [-0.25, -0.2) is 0 Å². The molecule has 1 aliphatic heterocycles. The van der Waals surface area contributed by atoms with Crippen molar-refractivity contribution < 1.29 is 9.84 Å². The van der Waals surface area contributed by atoms with Crippen LogP contribution in [-0.2, 0) is 4.74 Å². The molecular formula is C9H16O2. The molecule has 1 rings (SSSR count). The first kappa shape index (κ1) is 8.75. The van der Waals surface area contributed by atoms with Crippen LogP contribution in [-0.4, -0.2) is 23.4 Å². The Kier molecular flexibility index (Phi) is 2.35. The molecule has 0 spiro atoms. The third kappa shape index (κ3) is 2.04. The standard InChI is InChI=1S/C9H16O2/c1-7(2)4-5-8-9(3,6-10)11-8/h4,8,10H,5-6H2,1-3H3/t8-,9+/m0/s1. The van der Waals surface area contributed by atoms with Gasteiger partial charge in [0.05, 0.1) is 12.7 Å². The van der Waals surface area contributed by atoms with Crippen molar-refractivity contribution in [3.8, 4) is 0 Å². The van der Waals surface area contributed by atoms with Gasteiger partial charge in [-0.15, -0.1) is 0 Å². The monoisotopic (exact) mass is 156 g/mol. The van der Waals surface area contributed by atoms with Crippen LogP contribution in [0.3, 0.4) is 0 Å². The molecule has 0 aromatic rings. The van der Waals surface area contributed by atoms with Crippen molar-refractivity contribution in [2.24, 2.45) is 0 Å². The van der Waals surface area contributed by atoms with Gasteiger partial charge in [-0.2, -0.15) is 0 Å².